The zero-order valence-electron chi connectivity index (χ0n) is 12.6. The summed E-state index contributed by atoms with van der Waals surface area (Å²) in [7, 11) is 0. The number of nitrogens with zero attached hydrogens (tertiary/aromatic N) is 6. The average molecular weight is 324 g/mol. The number of carbonyl (C=O) groups is 1. The van der Waals surface area contributed by atoms with Crippen LogP contribution < -0.4 is 5.49 Å². The lowest BCUT2D eigenvalue weighted by atomic mass is 10.1. The van der Waals surface area contributed by atoms with Crippen LogP contribution in [0, 0.1) is 22.7 Å². The summed E-state index contributed by atoms with van der Waals surface area (Å²) >= 11 is 0. The maximum absolute atomic E-state index is 12.4. The van der Waals surface area contributed by atoms with Gasteiger partial charge in [0.25, 0.3) is 5.91 Å². The molecule has 9 nitrogen and oxygen atoms in total. The molecular weight excluding hydrogens is 312 g/mol. The number of hydrogen-bond acceptors (Lipinski definition) is 7. The van der Waals surface area contributed by atoms with Gasteiger partial charge in [-0.05, 0) is 31.2 Å². The molecule has 0 radical (unpaired) electrons. The van der Waals surface area contributed by atoms with Crippen molar-refractivity contribution in [2.45, 2.75) is 6.92 Å². The summed E-state index contributed by atoms with van der Waals surface area (Å²) in [5, 5.41) is 44.5. The van der Waals surface area contributed by atoms with Crippen molar-refractivity contribution >= 4 is 11.6 Å². The Morgan fingerprint density at radius 2 is 2.00 bits per heavy atom. The molecule has 1 aromatic heterocycles. The lowest BCUT2D eigenvalue weighted by Gasteiger charge is -2.24. The summed E-state index contributed by atoms with van der Waals surface area (Å²) < 4.78 is 0.558. The van der Waals surface area contributed by atoms with Crippen LogP contribution in [0.5, 0.6) is 5.75 Å². The molecule has 0 fully saturated rings. The Labute approximate surface area is 136 Å². The number of aromatic hydroxyl groups is 1. The maximum Gasteiger partial charge on any atom is 0.278 e. The highest BCUT2D eigenvalue weighted by atomic mass is 16.5. The smallest absolute Gasteiger partial charge is 0.278 e. The Morgan fingerprint density at radius 3 is 2.58 bits per heavy atom. The highest BCUT2D eigenvalue weighted by Gasteiger charge is 2.26. The molecular formula is C15H12N6O3. The van der Waals surface area contributed by atoms with Gasteiger partial charge in [-0.3, -0.25) is 4.79 Å². The molecule has 9 heteroatoms. The predicted octanol–water partition coefficient (Wildman–Crippen LogP) is 0.407. The van der Waals surface area contributed by atoms with Crippen LogP contribution in [0.25, 0.3) is 0 Å². The van der Waals surface area contributed by atoms with Crippen LogP contribution in [0.4, 0.5) is 0 Å². The molecule has 0 saturated carbocycles. The van der Waals surface area contributed by atoms with E-state index in [0.717, 1.165) is 0 Å². The maximum atomic E-state index is 12.4. The minimum atomic E-state index is -0.554. The molecule has 0 aliphatic carbocycles. The van der Waals surface area contributed by atoms with Gasteiger partial charge in [0.2, 0.25) is 5.49 Å². The highest BCUT2D eigenvalue weighted by molar-refractivity contribution is 6.44. The number of amides is 1. The van der Waals surface area contributed by atoms with Crippen LogP contribution in [-0.2, 0) is 4.79 Å². The number of carbonyl (C=O) groups excluding carboxylic acids is 1. The molecule has 2 rings (SSSR count). The van der Waals surface area contributed by atoms with Crippen LogP contribution in [0.1, 0.15) is 6.92 Å². The van der Waals surface area contributed by atoms with Crippen molar-refractivity contribution in [3.8, 4) is 17.9 Å². The predicted molar refractivity (Wildman–Crippen MR) is 81.1 cm³/mol. The molecule has 1 aromatic rings. The first-order chi connectivity index (χ1) is 11.5. The molecule has 2 heterocycles. The first-order valence-corrected chi connectivity index (χ1v) is 6.79. The third kappa shape index (κ3) is 3.00. The highest BCUT2D eigenvalue weighted by Crippen LogP contribution is 2.17. The fraction of sp³-hybridized carbons (Fsp3) is 0.133. The third-order valence-corrected chi connectivity index (χ3v) is 3.13. The van der Waals surface area contributed by atoms with Crippen molar-refractivity contribution in [1.29, 1.82) is 10.5 Å². The van der Waals surface area contributed by atoms with Crippen molar-refractivity contribution in [1.82, 2.24) is 9.63 Å². The van der Waals surface area contributed by atoms with Crippen molar-refractivity contribution in [2.75, 3.05) is 6.54 Å². The second-order valence-corrected chi connectivity index (χ2v) is 4.51. The molecule has 1 amide bonds. The van der Waals surface area contributed by atoms with Crippen LogP contribution in [0.15, 0.2) is 52.0 Å². The van der Waals surface area contributed by atoms with Crippen molar-refractivity contribution in [3.05, 3.63) is 47.2 Å². The second-order valence-electron chi connectivity index (χ2n) is 4.51. The van der Waals surface area contributed by atoms with Gasteiger partial charge >= 0.3 is 0 Å². The van der Waals surface area contributed by atoms with E-state index in [4.69, 9.17) is 10.5 Å². The number of likely N-dealkylation sites (N-methyl/N-ethyl adjacent to an activating group) is 1. The lowest BCUT2D eigenvalue weighted by molar-refractivity contribution is -0.122. The molecule has 0 spiro atoms. The van der Waals surface area contributed by atoms with Gasteiger partial charge in [0.05, 0.1) is 5.70 Å². The summed E-state index contributed by atoms with van der Waals surface area (Å²) in [5.74, 6) is -0.873. The molecule has 1 aliphatic rings. The van der Waals surface area contributed by atoms with E-state index in [1.807, 2.05) is 0 Å². The summed E-state index contributed by atoms with van der Waals surface area (Å²) in [4.78, 5) is 13.6. The third-order valence-electron chi connectivity index (χ3n) is 3.13. The first kappa shape index (κ1) is 16.5. The summed E-state index contributed by atoms with van der Waals surface area (Å²) in [6.07, 6.45) is 3.96. The molecule has 2 N–H and O–H groups in total. The van der Waals surface area contributed by atoms with Gasteiger partial charge in [-0.1, -0.05) is 0 Å². The Morgan fingerprint density at radius 1 is 1.29 bits per heavy atom. The van der Waals surface area contributed by atoms with Gasteiger partial charge in [0.1, 0.15) is 12.1 Å². The Hall–Kier alpha value is -3.85. The Balaban J connectivity index is 2.54. The molecule has 24 heavy (non-hydrogen) atoms. The van der Waals surface area contributed by atoms with Gasteiger partial charge in [0, 0.05) is 12.7 Å². The van der Waals surface area contributed by atoms with E-state index < -0.39 is 5.91 Å². The SMILES string of the molecule is CCN1C(=O)/C(=N\N=c2/c(O)cccn2O)C=CC1=C(C#N)C#N. The molecule has 1 aliphatic heterocycles. The normalized spacial score (nSPS) is 16.2. The number of allylic oxidation sites excluding steroid dienone is 2. The minimum absolute atomic E-state index is 0.0703. The zero-order chi connectivity index (χ0) is 17.7. The number of pyridine rings is 1. The molecule has 0 bridgehead atoms. The Kier molecular flexibility index (Phi) is 4.78. The second kappa shape index (κ2) is 6.94. The van der Waals surface area contributed by atoms with E-state index in [1.54, 1.807) is 19.1 Å². The van der Waals surface area contributed by atoms with Crippen LogP contribution in [0.3, 0.4) is 0 Å². The van der Waals surface area contributed by atoms with Gasteiger partial charge in [-0.15, -0.1) is 10.2 Å². The number of nitriles is 2. The summed E-state index contributed by atoms with van der Waals surface area (Å²) in [5.41, 5.74) is -0.318. The molecule has 120 valence electrons. The van der Waals surface area contributed by atoms with E-state index in [1.165, 1.54) is 35.4 Å². The molecule has 0 atom stereocenters. The van der Waals surface area contributed by atoms with Crippen LogP contribution >= 0.6 is 0 Å². The monoisotopic (exact) mass is 324 g/mol. The molecule has 0 aromatic carbocycles. The zero-order valence-corrected chi connectivity index (χ0v) is 12.6. The van der Waals surface area contributed by atoms with E-state index in [-0.39, 0.29) is 34.8 Å². The summed E-state index contributed by atoms with van der Waals surface area (Å²) in [6, 6.07) is 6.17. The van der Waals surface area contributed by atoms with E-state index in [2.05, 4.69) is 10.2 Å². The van der Waals surface area contributed by atoms with E-state index in [0.29, 0.717) is 4.73 Å². The quantitative estimate of drug-likeness (QED) is 0.461. The number of aromatic nitrogens is 1. The standard InChI is InChI=1S/C15H12N6O3/c1-2-20-12(10(8-16)9-17)6-5-11(15(20)23)18-19-14-13(22)4-3-7-21(14)24/h3-7,22,24H,2H2,1H3/b18-11-,19-14+. The number of rotatable bonds is 2. The first-order valence-electron chi connectivity index (χ1n) is 6.79. The Bertz CT molecular complexity index is 885. The summed E-state index contributed by atoms with van der Waals surface area (Å²) in [6.45, 7) is 1.91. The van der Waals surface area contributed by atoms with E-state index >= 15 is 0 Å². The van der Waals surface area contributed by atoms with Crippen LogP contribution in [-0.4, -0.2) is 38.1 Å². The van der Waals surface area contributed by atoms with Crippen LogP contribution in [0.2, 0.25) is 0 Å². The topological polar surface area (TPSA) is 138 Å². The largest absolute Gasteiger partial charge is 0.504 e. The fourth-order valence-corrected chi connectivity index (χ4v) is 1.99. The van der Waals surface area contributed by atoms with Crippen molar-refractivity contribution in [3.63, 3.8) is 0 Å². The molecule has 0 unspecified atom stereocenters. The van der Waals surface area contributed by atoms with Gasteiger partial charge in [-0.25, -0.2) is 0 Å². The van der Waals surface area contributed by atoms with Crippen molar-refractivity contribution < 1.29 is 15.1 Å². The minimum Gasteiger partial charge on any atom is -0.504 e. The fourth-order valence-electron chi connectivity index (χ4n) is 1.99. The lowest BCUT2D eigenvalue weighted by Crippen LogP contribution is -2.38. The van der Waals surface area contributed by atoms with Gasteiger partial charge < -0.3 is 15.2 Å². The van der Waals surface area contributed by atoms with Gasteiger partial charge in [0.15, 0.2) is 17.0 Å². The average Bonchev–Trinajstić information content (AvgIpc) is 2.57. The van der Waals surface area contributed by atoms with Gasteiger partial charge in [-0.2, -0.15) is 15.3 Å². The molecule has 0 saturated heterocycles. The van der Waals surface area contributed by atoms with E-state index in [9.17, 15) is 15.1 Å². The van der Waals surface area contributed by atoms with Crippen molar-refractivity contribution in [2.24, 2.45) is 10.2 Å². The number of hydrogen-bond donors (Lipinski definition) is 2.